The molecule has 1 aliphatic rings. The summed E-state index contributed by atoms with van der Waals surface area (Å²) in [5.41, 5.74) is 4.26. The standard InChI is InChI=1S/C18H17ClN4OS/c1-24-14-2-3-15-11(7-14)6-12(17(19)21-15)9-23-5-4-16-13(10-23)8-20-18(25)22-16/h2-3,6-8H,4-5,9-10H2,1H3,(H,20,22,25). The lowest BCUT2D eigenvalue weighted by atomic mass is 10.1. The second kappa shape index (κ2) is 6.71. The van der Waals surface area contributed by atoms with E-state index in [-0.39, 0.29) is 0 Å². The van der Waals surface area contributed by atoms with Gasteiger partial charge in [0.25, 0.3) is 0 Å². The highest BCUT2D eigenvalue weighted by atomic mass is 35.5. The topological polar surface area (TPSA) is 54.0 Å². The number of hydrogen-bond donors (Lipinski definition) is 1. The summed E-state index contributed by atoms with van der Waals surface area (Å²) in [6.07, 6.45) is 2.79. The molecule has 0 atom stereocenters. The highest BCUT2D eigenvalue weighted by molar-refractivity contribution is 7.71. The van der Waals surface area contributed by atoms with Gasteiger partial charge in [-0.1, -0.05) is 11.6 Å². The van der Waals surface area contributed by atoms with Gasteiger partial charge in [-0.25, -0.2) is 9.97 Å². The second-order valence-electron chi connectivity index (χ2n) is 6.15. The van der Waals surface area contributed by atoms with E-state index in [0.717, 1.165) is 48.3 Å². The molecule has 3 heterocycles. The average Bonchev–Trinajstić information content (AvgIpc) is 2.62. The molecule has 0 saturated heterocycles. The number of nitrogens with one attached hydrogen (secondary N) is 1. The van der Waals surface area contributed by atoms with Crippen LogP contribution in [-0.2, 0) is 19.5 Å². The molecule has 5 nitrogen and oxygen atoms in total. The molecule has 0 bridgehead atoms. The van der Waals surface area contributed by atoms with Crippen molar-refractivity contribution in [2.45, 2.75) is 19.5 Å². The zero-order valence-corrected chi connectivity index (χ0v) is 15.3. The van der Waals surface area contributed by atoms with Crippen LogP contribution < -0.4 is 4.74 Å². The van der Waals surface area contributed by atoms with Crippen LogP contribution in [0.3, 0.4) is 0 Å². The molecule has 0 saturated carbocycles. The first kappa shape index (κ1) is 16.4. The SMILES string of the molecule is COc1ccc2nc(Cl)c(CN3CCc4[nH]c(=S)ncc4C3)cc2c1. The van der Waals surface area contributed by atoms with Gasteiger partial charge in [-0.05, 0) is 36.5 Å². The van der Waals surface area contributed by atoms with E-state index in [1.165, 1.54) is 11.3 Å². The monoisotopic (exact) mass is 372 g/mol. The van der Waals surface area contributed by atoms with Gasteiger partial charge >= 0.3 is 0 Å². The summed E-state index contributed by atoms with van der Waals surface area (Å²) in [6.45, 7) is 2.50. The quantitative estimate of drug-likeness (QED) is 0.558. The molecule has 1 N–H and O–H groups in total. The highest BCUT2D eigenvalue weighted by Gasteiger charge is 2.18. The Morgan fingerprint density at radius 1 is 1.36 bits per heavy atom. The first-order valence-electron chi connectivity index (χ1n) is 8.05. The van der Waals surface area contributed by atoms with E-state index in [1.807, 2.05) is 24.4 Å². The van der Waals surface area contributed by atoms with Gasteiger partial charge in [0.05, 0.1) is 12.6 Å². The van der Waals surface area contributed by atoms with Gasteiger partial charge in [0, 0.05) is 54.5 Å². The van der Waals surface area contributed by atoms with Crippen LogP contribution in [0, 0.1) is 4.77 Å². The van der Waals surface area contributed by atoms with E-state index >= 15 is 0 Å². The van der Waals surface area contributed by atoms with Crippen molar-refractivity contribution in [1.82, 2.24) is 19.9 Å². The minimum atomic E-state index is 0.544. The molecule has 0 aliphatic carbocycles. The van der Waals surface area contributed by atoms with Crippen molar-refractivity contribution in [3.05, 3.63) is 57.2 Å². The van der Waals surface area contributed by atoms with Gasteiger partial charge in [0.1, 0.15) is 10.9 Å². The maximum atomic E-state index is 6.42. The summed E-state index contributed by atoms with van der Waals surface area (Å²) < 4.78 is 5.85. The number of benzene rings is 1. The maximum Gasteiger partial charge on any atom is 0.196 e. The van der Waals surface area contributed by atoms with Crippen molar-refractivity contribution in [1.29, 1.82) is 0 Å². The van der Waals surface area contributed by atoms with Gasteiger partial charge < -0.3 is 9.72 Å². The van der Waals surface area contributed by atoms with Crippen molar-refractivity contribution in [3.8, 4) is 5.75 Å². The van der Waals surface area contributed by atoms with E-state index < -0.39 is 0 Å². The Morgan fingerprint density at radius 3 is 3.08 bits per heavy atom. The van der Waals surface area contributed by atoms with E-state index in [1.54, 1.807) is 7.11 Å². The molecule has 128 valence electrons. The van der Waals surface area contributed by atoms with Crippen molar-refractivity contribution in [2.75, 3.05) is 13.7 Å². The molecule has 1 aromatic carbocycles. The van der Waals surface area contributed by atoms with Crippen LogP contribution in [0.25, 0.3) is 10.9 Å². The fourth-order valence-electron chi connectivity index (χ4n) is 3.19. The third-order valence-corrected chi connectivity index (χ3v) is 5.03. The number of aromatic amines is 1. The Kier molecular flexibility index (Phi) is 4.41. The molecule has 7 heteroatoms. The third-order valence-electron chi connectivity index (χ3n) is 4.50. The number of aromatic nitrogens is 3. The first-order chi connectivity index (χ1) is 12.1. The minimum Gasteiger partial charge on any atom is -0.497 e. The summed E-state index contributed by atoms with van der Waals surface area (Å²) in [7, 11) is 1.66. The normalized spacial score (nSPS) is 14.5. The van der Waals surface area contributed by atoms with Crippen LogP contribution in [0.1, 0.15) is 16.8 Å². The van der Waals surface area contributed by atoms with Crippen LogP contribution in [0.5, 0.6) is 5.75 Å². The lowest BCUT2D eigenvalue weighted by Crippen LogP contribution is -2.31. The van der Waals surface area contributed by atoms with Gasteiger partial charge in [-0.3, -0.25) is 4.90 Å². The Balaban J connectivity index is 1.61. The Morgan fingerprint density at radius 2 is 2.24 bits per heavy atom. The number of methoxy groups -OCH3 is 1. The van der Waals surface area contributed by atoms with Gasteiger partial charge in [-0.2, -0.15) is 0 Å². The molecule has 0 spiro atoms. The Labute approximate surface area is 155 Å². The predicted molar refractivity (Wildman–Crippen MR) is 101 cm³/mol. The largest absolute Gasteiger partial charge is 0.497 e. The van der Waals surface area contributed by atoms with E-state index in [9.17, 15) is 0 Å². The minimum absolute atomic E-state index is 0.544. The van der Waals surface area contributed by atoms with Gasteiger partial charge in [0.15, 0.2) is 4.77 Å². The van der Waals surface area contributed by atoms with Gasteiger partial charge in [0.2, 0.25) is 0 Å². The summed E-state index contributed by atoms with van der Waals surface area (Å²) in [4.78, 5) is 14.2. The summed E-state index contributed by atoms with van der Waals surface area (Å²) in [5, 5.41) is 1.58. The van der Waals surface area contributed by atoms with E-state index in [2.05, 4.69) is 25.9 Å². The van der Waals surface area contributed by atoms with Crippen LogP contribution in [-0.4, -0.2) is 33.5 Å². The number of rotatable bonds is 3. The predicted octanol–water partition coefficient (Wildman–Crippen LogP) is 3.91. The number of fused-ring (bicyclic) bond motifs is 2. The van der Waals surface area contributed by atoms with Crippen molar-refractivity contribution >= 4 is 34.7 Å². The van der Waals surface area contributed by atoms with Crippen LogP contribution in [0.15, 0.2) is 30.5 Å². The maximum absolute atomic E-state index is 6.42. The number of ether oxygens (including phenoxy) is 1. The number of hydrogen-bond acceptors (Lipinski definition) is 5. The number of H-pyrrole nitrogens is 1. The molecule has 0 radical (unpaired) electrons. The van der Waals surface area contributed by atoms with E-state index in [4.69, 9.17) is 28.6 Å². The molecule has 25 heavy (non-hydrogen) atoms. The molecule has 0 amide bonds. The number of halogens is 1. The number of nitrogens with zero attached hydrogens (tertiary/aromatic N) is 3. The third kappa shape index (κ3) is 3.38. The average molecular weight is 373 g/mol. The fourth-order valence-corrected chi connectivity index (χ4v) is 3.58. The lowest BCUT2D eigenvalue weighted by molar-refractivity contribution is 0.242. The molecular formula is C18H17ClN4OS. The molecule has 4 rings (SSSR count). The second-order valence-corrected chi connectivity index (χ2v) is 6.89. The van der Waals surface area contributed by atoms with Crippen molar-refractivity contribution in [3.63, 3.8) is 0 Å². The summed E-state index contributed by atoms with van der Waals surface area (Å²) in [5.74, 6) is 0.816. The van der Waals surface area contributed by atoms with Crippen molar-refractivity contribution in [2.24, 2.45) is 0 Å². The zero-order chi connectivity index (χ0) is 17.4. The Hall–Kier alpha value is -2.02. The van der Waals surface area contributed by atoms with E-state index in [0.29, 0.717) is 9.92 Å². The smallest absolute Gasteiger partial charge is 0.196 e. The molecule has 0 unspecified atom stereocenters. The summed E-state index contributed by atoms with van der Waals surface area (Å²) >= 11 is 11.5. The Bertz CT molecular complexity index is 1000. The molecule has 1 aliphatic heterocycles. The molecular weight excluding hydrogens is 356 g/mol. The van der Waals surface area contributed by atoms with Crippen LogP contribution in [0.4, 0.5) is 0 Å². The van der Waals surface area contributed by atoms with Gasteiger partial charge in [-0.15, -0.1) is 0 Å². The lowest BCUT2D eigenvalue weighted by Gasteiger charge is -2.28. The summed E-state index contributed by atoms with van der Waals surface area (Å²) in [6, 6.07) is 7.90. The zero-order valence-electron chi connectivity index (χ0n) is 13.8. The van der Waals surface area contributed by atoms with Crippen LogP contribution in [0.2, 0.25) is 5.15 Å². The molecule has 2 aromatic heterocycles. The first-order valence-corrected chi connectivity index (χ1v) is 8.83. The molecule has 0 fully saturated rings. The highest BCUT2D eigenvalue weighted by Crippen LogP contribution is 2.26. The fraction of sp³-hybridized carbons (Fsp3) is 0.278. The van der Waals surface area contributed by atoms with Crippen LogP contribution >= 0.6 is 23.8 Å². The molecule has 3 aromatic rings. The van der Waals surface area contributed by atoms with Crippen molar-refractivity contribution < 1.29 is 4.74 Å². The number of pyridine rings is 1.